The van der Waals surface area contributed by atoms with Crippen molar-refractivity contribution in [2.45, 2.75) is 18.9 Å². The molecule has 0 aromatic heterocycles. The fourth-order valence-electron chi connectivity index (χ4n) is 0.620. The maximum atomic E-state index is 10.3. The van der Waals surface area contributed by atoms with Crippen LogP contribution in [0, 0.1) is 0 Å². The Morgan fingerprint density at radius 3 is 2.58 bits per heavy atom. The van der Waals surface area contributed by atoms with Gasteiger partial charge in [0.15, 0.2) is 0 Å². The molecule has 0 rings (SSSR count). The van der Waals surface area contributed by atoms with Gasteiger partial charge in [-0.2, -0.15) is 0 Å². The van der Waals surface area contributed by atoms with E-state index in [4.69, 9.17) is 21.9 Å². The summed E-state index contributed by atoms with van der Waals surface area (Å²) in [6.07, 6.45) is 0.361. The Balaban J connectivity index is 3.81. The molecule has 0 heterocycles. The van der Waals surface area contributed by atoms with Gasteiger partial charge >= 0.3 is 5.97 Å². The number of carbonyl (C=O) groups is 1. The second kappa shape index (κ2) is 5.33. The van der Waals surface area contributed by atoms with Gasteiger partial charge in [-0.15, -0.1) is 0 Å². The van der Waals surface area contributed by atoms with Crippen molar-refractivity contribution in [1.29, 1.82) is 0 Å². The molecule has 0 fully saturated rings. The zero-order valence-corrected chi connectivity index (χ0v) is 6.40. The van der Waals surface area contributed by atoms with Crippen LogP contribution in [0.15, 0.2) is 5.16 Å². The molecule has 7 nitrogen and oxygen atoms in total. The Kier molecular flexibility index (Phi) is 4.73. The lowest BCUT2D eigenvalue weighted by molar-refractivity contribution is -0.139. The first-order valence-corrected chi connectivity index (χ1v) is 3.27. The topological polar surface area (TPSA) is 134 Å². The summed E-state index contributed by atoms with van der Waals surface area (Å²) in [6.45, 7) is 0. The number of nitrogens with zero attached hydrogens (tertiary/aromatic N) is 1. The number of amidine groups is 1. The van der Waals surface area contributed by atoms with Gasteiger partial charge in [0.25, 0.3) is 0 Å². The Labute approximate surface area is 69.0 Å². The minimum atomic E-state index is -1.07. The first kappa shape index (κ1) is 10.7. The molecular formula is C5H12N4O3. The van der Waals surface area contributed by atoms with E-state index in [9.17, 15) is 4.79 Å². The van der Waals surface area contributed by atoms with E-state index < -0.39 is 12.0 Å². The van der Waals surface area contributed by atoms with Crippen LogP contribution < -0.4 is 17.0 Å². The van der Waals surface area contributed by atoms with Gasteiger partial charge in [0.1, 0.15) is 11.9 Å². The molecule has 0 aromatic rings. The molecule has 1 atom stereocenters. The van der Waals surface area contributed by atoms with Crippen LogP contribution in [0.4, 0.5) is 0 Å². The van der Waals surface area contributed by atoms with Crippen LogP contribution in [0.25, 0.3) is 0 Å². The van der Waals surface area contributed by atoms with Crippen LogP contribution in [-0.4, -0.2) is 28.2 Å². The molecule has 7 heteroatoms. The van der Waals surface area contributed by atoms with Crippen LogP contribution in [0.1, 0.15) is 12.8 Å². The molecule has 0 aliphatic heterocycles. The maximum absolute atomic E-state index is 10.3. The normalized spacial score (nSPS) is 14.2. The third-order valence-corrected chi connectivity index (χ3v) is 1.32. The minimum Gasteiger partial charge on any atom is -0.480 e. The zero-order chi connectivity index (χ0) is 9.56. The molecule has 12 heavy (non-hydrogen) atoms. The molecule has 0 aromatic carbocycles. The quantitative estimate of drug-likeness (QED) is 0.113. The number of nitrogens with one attached hydrogen (secondary N) is 1. The number of nitrogens with two attached hydrogens (primary N) is 2. The van der Waals surface area contributed by atoms with Crippen molar-refractivity contribution in [1.82, 2.24) is 5.43 Å². The van der Waals surface area contributed by atoms with E-state index >= 15 is 0 Å². The largest absolute Gasteiger partial charge is 0.480 e. The van der Waals surface area contributed by atoms with Crippen molar-refractivity contribution < 1.29 is 15.1 Å². The molecule has 0 amide bonds. The lowest BCUT2D eigenvalue weighted by Gasteiger charge is -2.08. The van der Waals surface area contributed by atoms with Crippen molar-refractivity contribution in [2.24, 2.45) is 16.7 Å². The predicted molar refractivity (Wildman–Crippen MR) is 41.4 cm³/mol. The fraction of sp³-hybridized carbons (Fsp3) is 0.600. The second-order valence-corrected chi connectivity index (χ2v) is 2.19. The van der Waals surface area contributed by atoms with E-state index in [1.54, 1.807) is 0 Å². The summed E-state index contributed by atoms with van der Waals surface area (Å²) in [5.41, 5.74) is 7.20. The van der Waals surface area contributed by atoms with Gasteiger partial charge < -0.3 is 16.0 Å². The molecule has 0 saturated carbocycles. The van der Waals surface area contributed by atoms with Crippen LogP contribution in [-0.2, 0) is 4.79 Å². The predicted octanol–water partition coefficient (Wildman–Crippen LogP) is -1.57. The summed E-state index contributed by atoms with van der Waals surface area (Å²) in [5.74, 6) is 3.84. The summed E-state index contributed by atoms with van der Waals surface area (Å²) in [5, 5.41) is 19.3. The van der Waals surface area contributed by atoms with Gasteiger partial charge in [0.2, 0.25) is 0 Å². The number of hydrazine groups is 1. The molecule has 70 valence electrons. The Bertz CT molecular complexity index is 182. The van der Waals surface area contributed by atoms with E-state index in [2.05, 4.69) is 10.6 Å². The van der Waals surface area contributed by atoms with Crippen molar-refractivity contribution in [3.8, 4) is 0 Å². The molecule has 0 aliphatic carbocycles. The molecule has 0 unspecified atom stereocenters. The van der Waals surface area contributed by atoms with Gasteiger partial charge in [-0.3, -0.25) is 10.6 Å². The second-order valence-electron chi connectivity index (χ2n) is 2.19. The lowest BCUT2D eigenvalue weighted by atomic mass is 10.1. The van der Waals surface area contributed by atoms with Gasteiger partial charge in [-0.05, 0) is 6.42 Å². The average Bonchev–Trinajstić information content (AvgIpc) is 2.04. The first-order valence-electron chi connectivity index (χ1n) is 3.27. The number of carboxylic acid groups (broad SMARTS) is 1. The highest BCUT2D eigenvalue weighted by molar-refractivity contribution is 5.81. The van der Waals surface area contributed by atoms with Gasteiger partial charge in [0, 0.05) is 6.42 Å². The SMILES string of the molecule is NN[C@@H](CCC(N)=NO)C(=O)O. The Hall–Kier alpha value is -1.34. The smallest absolute Gasteiger partial charge is 0.322 e. The van der Waals surface area contributed by atoms with E-state index in [0.717, 1.165) is 0 Å². The number of hydrogen-bond donors (Lipinski definition) is 5. The van der Waals surface area contributed by atoms with Gasteiger partial charge in [-0.25, -0.2) is 5.43 Å². The van der Waals surface area contributed by atoms with Gasteiger partial charge in [-0.1, -0.05) is 5.16 Å². The highest BCUT2D eigenvalue weighted by atomic mass is 16.4. The summed E-state index contributed by atoms with van der Waals surface area (Å²) < 4.78 is 0. The van der Waals surface area contributed by atoms with Gasteiger partial charge in [0.05, 0.1) is 0 Å². The minimum absolute atomic E-state index is 0.0171. The number of aliphatic carboxylic acids is 1. The third kappa shape index (κ3) is 3.74. The summed E-state index contributed by atoms with van der Waals surface area (Å²) in [7, 11) is 0. The highest BCUT2D eigenvalue weighted by Gasteiger charge is 2.14. The van der Waals surface area contributed by atoms with Crippen molar-refractivity contribution in [2.75, 3.05) is 0 Å². The van der Waals surface area contributed by atoms with E-state index in [-0.39, 0.29) is 18.7 Å². The average molecular weight is 176 g/mol. The van der Waals surface area contributed by atoms with E-state index in [1.807, 2.05) is 0 Å². The molecule has 0 saturated heterocycles. The summed E-state index contributed by atoms with van der Waals surface area (Å²) in [4.78, 5) is 10.3. The van der Waals surface area contributed by atoms with Crippen LogP contribution >= 0.6 is 0 Å². The van der Waals surface area contributed by atoms with Crippen LogP contribution in [0.5, 0.6) is 0 Å². The number of hydrogen-bond acceptors (Lipinski definition) is 5. The molecule has 0 bridgehead atoms. The molecule has 0 spiro atoms. The molecule has 0 radical (unpaired) electrons. The van der Waals surface area contributed by atoms with Crippen LogP contribution in [0.2, 0.25) is 0 Å². The first-order chi connectivity index (χ1) is 5.61. The maximum Gasteiger partial charge on any atom is 0.322 e. The third-order valence-electron chi connectivity index (χ3n) is 1.32. The lowest BCUT2D eigenvalue weighted by Crippen LogP contribution is -2.41. The van der Waals surface area contributed by atoms with Crippen molar-refractivity contribution in [3.05, 3.63) is 0 Å². The monoisotopic (exact) mass is 176 g/mol. The molecular weight excluding hydrogens is 164 g/mol. The van der Waals surface area contributed by atoms with Crippen molar-refractivity contribution >= 4 is 11.8 Å². The Morgan fingerprint density at radius 2 is 2.25 bits per heavy atom. The van der Waals surface area contributed by atoms with Crippen LogP contribution in [0.3, 0.4) is 0 Å². The number of rotatable bonds is 5. The fourth-order valence-corrected chi connectivity index (χ4v) is 0.620. The van der Waals surface area contributed by atoms with E-state index in [1.165, 1.54) is 0 Å². The van der Waals surface area contributed by atoms with E-state index in [0.29, 0.717) is 0 Å². The summed E-state index contributed by atoms with van der Waals surface area (Å²) >= 11 is 0. The van der Waals surface area contributed by atoms with Crippen molar-refractivity contribution in [3.63, 3.8) is 0 Å². The highest BCUT2D eigenvalue weighted by Crippen LogP contribution is 1.95. The number of oxime groups is 1. The Morgan fingerprint density at radius 1 is 1.67 bits per heavy atom. The molecule has 0 aliphatic rings. The summed E-state index contributed by atoms with van der Waals surface area (Å²) in [6, 6.07) is -0.870. The molecule has 7 N–H and O–H groups in total. The zero-order valence-electron chi connectivity index (χ0n) is 6.40. The standard InChI is InChI=1S/C5H12N4O3/c6-4(9-12)2-1-3(8-7)5(10)11/h3,8,12H,1-2,7H2,(H2,6,9)(H,10,11)/t3-/m0/s1. The number of carboxylic acids is 1.